The highest BCUT2D eigenvalue weighted by Crippen LogP contribution is 2.42. The molecule has 3 atom stereocenters. The molecule has 3 N–H and O–H groups in total. The number of nitrogens with two attached hydrogens (primary N) is 1. The molecule has 1 aromatic rings. The molecule has 2 bridgehead atoms. The van der Waals surface area contributed by atoms with Gasteiger partial charge in [-0.2, -0.15) is 0 Å². The summed E-state index contributed by atoms with van der Waals surface area (Å²) < 4.78 is 13.4. The molecule has 4 heteroatoms. The van der Waals surface area contributed by atoms with Crippen molar-refractivity contribution in [2.24, 2.45) is 11.8 Å². The number of benzene rings is 1. The molecular weight excluding hydrogens is 253 g/mol. The summed E-state index contributed by atoms with van der Waals surface area (Å²) in [6.07, 6.45) is 4.96. The molecule has 20 heavy (non-hydrogen) atoms. The van der Waals surface area contributed by atoms with E-state index in [0.29, 0.717) is 23.6 Å². The number of piperidine rings is 1. The van der Waals surface area contributed by atoms with Crippen LogP contribution in [0.2, 0.25) is 0 Å². The zero-order chi connectivity index (χ0) is 14.3. The quantitative estimate of drug-likeness (QED) is 0.659. The molecule has 1 aromatic carbocycles. The average Bonchev–Trinajstić information content (AvgIpc) is 2.65. The molecule has 3 nitrogen and oxygen atoms in total. The Hall–Kier alpha value is -0.970. The fourth-order valence-electron chi connectivity index (χ4n) is 4.09. The second-order valence-corrected chi connectivity index (χ2v) is 6.43. The first-order chi connectivity index (χ1) is 9.60. The Bertz CT molecular complexity index is 477. The summed E-state index contributed by atoms with van der Waals surface area (Å²) in [5.41, 5.74) is 4.78. The molecule has 2 aliphatic heterocycles. The van der Waals surface area contributed by atoms with Crippen LogP contribution in [-0.4, -0.2) is 24.0 Å². The normalized spacial score (nSPS) is 31.5. The number of rotatable bonds is 3. The lowest BCUT2D eigenvalue weighted by Crippen LogP contribution is -2.45. The van der Waals surface area contributed by atoms with E-state index < -0.39 is 0 Å². The molecule has 3 rings (SSSR count). The van der Waals surface area contributed by atoms with Gasteiger partial charge in [0, 0.05) is 18.1 Å². The van der Waals surface area contributed by atoms with Gasteiger partial charge in [-0.05, 0) is 62.8 Å². The van der Waals surface area contributed by atoms with Crippen LogP contribution >= 0.6 is 0 Å². The van der Waals surface area contributed by atoms with E-state index in [1.165, 1.54) is 25.7 Å². The summed E-state index contributed by atoms with van der Waals surface area (Å²) in [5.74, 6) is 6.21. The van der Waals surface area contributed by atoms with Crippen molar-refractivity contribution < 1.29 is 4.39 Å². The lowest BCUT2D eigenvalue weighted by Gasteiger charge is -2.39. The van der Waals surface area contributed by atoms with E-state index in [4.69, 9.17) is 5.84 Å². The van der Waals surface area contributed by atoms with Crippen molar-refractivity contribution in [1.29, 1.82) is 0 Å². The van der Waals surface area contributed by atoms with Gasteiger partial charge >= 0.3 is 0 Å². The van der Waals surface area contributed by atoms with Crippen molar-refractivity contribution in [3.8, 4) is 0 Å². The minimum Gasteiger partial charge on any atom is -0.300 e. The van der Waals surface area contributed by atoms with Gasteiger partial charge in [0.05, 0.1) is 0 Å². The predicted molar refractivity (Wildman–Crippen MR) is 78.5 cm³/mol. The Labute approximate surface area is 120 Å². The van der Waals surface area contributed by atoms with Crippen LogP contribution in [0.15, 0.2) is 18.2 Å². The Morgan fingerprint density at radius 1 is 1.30 bits per heavy atom. The van der Waals surface area contributed by atoms with E-state index in [-0.39, 0.29) is 11.9 Å². The molecule has 0 aliphatic carbocycles. The number of aryl methyl sites for hydroxylation is 1. The summed E-state index contributed by atoms with van der Waals surface area (Å²) in [4.78, 5) is 2.53. The minimum absolute atomic E-state index is 0.131. The Morgan fingerprint density at radius 3 is 2.50 bits per heavy atom. The third kappa shape index (κ3) is 2.36. The summed E-state index contributed by atoms with van der Waals surface area (Å²) in [5, 5.41) is 0. The van der Waals surface area contributed by atoms with E-state index in [9.17, 15) is 4.39 Å². The maximum atomic E-state index is 13.4. The molecule has 2 heterocycles. The number of fused-ring (bicyclic) bond motifs is 2. The van der Waals surface area contributed by atoms with Gasteiger partial charge < -0.3 is 4.90 Å². The van der Waals surface area contributed by atoms with Gasteiger partial charge in [0.2, 0.25) is 0 Å². The highest BCUT2D eigenvalue weighted by atomic mass is 19.1. The Balaban J connectivity index is 1.81. The number of nitrogens with zero attached hydrogens (tertiary/aromatic N) is 1. The van der Waals surface area contributed by atoms with Crippen molar-refractivity contribution in [2.45, 2.75) is 50.7 Å². The predicted octanol–water partition coefficient (Wildman–Crippen LogP) is 2.51. The highest BCUT2D eigenvalue weighted by Gasteiger charge is 2.41. The number of halogens is 1. The first-order valence-corrected chi connectivity index (χ1v) is 7.54. The van der Waals surface area contributed by atoms with Crippen LogP contribution in [0.5, 0.6) is 0 Å². The van der Waals surface area contributed by atoms with Crippen LogP contribution < -0.4 is 11.3 Å². The average molecular weight is 277 g/mol. The van der Waals surface area contributed by atoms with Gasteiger partial charge in [0.15, 0.2) is 0 Å². The molecule has 110 valence electrons. The fourth-order valence-corrected chi connectivity index (χ4v) is 4.09. The van der Waals surface area contributed by atoms with Crippen LogP contribution in [0.3, 0.4) is 0 Å². The molecule has 2 saturated heterocycles. The lowest BCUT2D eigenvalue weighted by atomic mass is 9.82. The lowest BCUT2D eigenvalue weighted by molar-refractivity contribution is 0.112. The molecule has 0 aromatic heterocycles. The van der Waals surface area contributed by atoms with E-state index in [1.807, 2.05) is 19.1 Å². The zero-order valence-electron chi connectivity index (χ0n) is 12.3. The smallest absolute Gasteiger partial charge is 0.126 e. The second kappa shape index (κ2) is 5.43. The van der Waals surface area contributed by atoms with Crippen LogP contribution in [-0.2, 0) is 0 Å². The second-order valence-electron chi connectivity index (χ2n) is 6.43. The Morgan fingerprint density at radius 2 is 1.95 bits per heavy atom. The maximum absolute atomic E-state index is 13.4. The third-order valence-corrected chi connectivity index (χ3v) is 5.33. The van der Waals surface area contributed by atoms with Crippen LogP contribution in [0.1, 0.15) is 42.9 Å². The molecule has 0 amide bonds. The van der Waals surface area contributed by atoms with E-state index >= 15 is 0 Å². The summed E-state index contributed by atoms with van der Waals surface area (Å²) in [7, 11) is 2.24. The Kier molecular flexibility index (Phi) is 3.80. The SMILES string of the molecule is Cc1cc(C(NN)C2CC3CCC(C2)N3C)ccc1F. The van der Waals surface area contributed by atoms with Gasteiger partial charge in [-0.25, -0.2) is 4.39 Å². The highest BCUT2D eigenvalue weighted by molar-refractivity contribution is 5.27. The van der Waals surface area contributed by atoms with Crippen LogP contribution in [0.4, 0.5) is 4.39 Å². The first-order valence-electron chi connectivity index (χ1n) is 7.54. The van der Waals surface area contributed by atoms with Gasteiger partial charge in [-0.15, -0.1) is 0 Å². The maximum Gasteiger partial charge on any atom is 0.126 e. The van der Waals surface area contributed by atoms with E-state index in [1.54, 1.807) is 6.07 Å². The molecular formula is C16H24FN3. The van der Waals surface area contributed by atoms with Gasteiger partial charge in [0.1, 0.15) is 5.82 Å². The number of nitrogens with one attached hydrogen (secondary N) is 1. The molecule has 2 aliphatic rings. The van der Waals surface area contributed by atoms with Gasteiger partial charge in [-0.3, -0.25) is 11.3 Å². The van der Waals surface area contributed by atoms with Gasteiger partial charge in [-0.1, -0.05) is 12.1 Å². The molecule has 0 spiro atoms. The van der Waals surface area contributed by atoms with Crippen molar-refractivity contribution in [1.82, 2.24) is 10.3 Å². The summed E-state index contributed by atoms with van der Waals surface area (Å²) in [6.45, 7) is 1.81. The van der Waals surface area contributed by atoms with Gasteiger partial charge in [0.25, 0.3) is 0 Å². The van der Waals surface area contributed by atoms with Crippen molar-refractivity contribution in [3.05, 3.63) is 35.1 Å². The van der Waals surface area contributed by atoms with Crippen LogP contribution in [0, 0.1) is 18.7 Å². The minimum atomic E-state index is -0.145. The molecule has 2 fully saturated rings. The van der Waals surface area contributed by atoms with E-state index in [0.717, 1.165) is 5.56 Å². The number of hydrogen-bond acceptors (Lipinski definition) is 3. The topological polar surface area (TPSA) is 41.3 Å². The summed E-state index contributed by atoms with van der Waals surface area (Å²) in [6, 6.07) is 6.87. The third-order valence-electron chi connectivity index (χ3n) is 5.33. The standard InChI is InChI=1S/C16H24FN3/c1-10-7-11(3-6-15(10)17)16(19-18)12-8-13-4-5-14(9-12)20(13)2/h3,6-7,12-14,16,19H,4-5,8-9,18H2,1-2H3. The van der Waals surface area contributed by atoms with Crippen molar-refractivity contribution >= 4 is 0 Å². The van der Waals surface area contributed by atoms with Crippen molar-refractivity contribution in [2.75, 3.05) is 7.05 Å². The number of hydrogen-bond donors (Lipinski definition) is 2. The molecule has 0 radical (unpaired) electrons. The molecule has 0 saturated carbocycles. The zero-order valence-corrected chi connectivity index (χ0v) is 12.3. The summed E-state index contributed by atoms with van der Waals surface area (Å²) >= 11 is 0. The van der Waals surface area contributed by atoms with Crippen LogP contribution in [0.25, 0.3) is 0 Å². The largest absolute Gasteiger partial charge is 0.300 e. The van der Waals surface area contributed by atoms with E-state index in [2.05, 4.69) is 17.4 Å². The fraction of sp³-hybridized carbons (Fsp3) is 0.625. The number of hydrazine groups is 1. The first kappa shape index (κ1) is 14.0. The molecule has 3 unspecified atom stereocenters. The monoisotopic (exact) mass is 277 g/mol. The van der Waals surface area contributed by atoms with Crippen molar-refractivity contribution in [3.63, 3.8) is 0 Å².